The second-order valence-electron chi connectivity index (χ2n) is 8.30. The summed E-state index contributed by atoms with van der Waals surface area (Å²) in [6.45, 7) is 6.45. The van der Waals surface area contributed by atoms with Crippen molar-refractivity contribution in [2.45, 2.75) is 33.2 Å². The molecule has 3 aromatic rings. The number of ketones is 1. The van der Waals surface area contributed by atoms with Gasteiger partial charge in [-0.2, -0.15) is 0 Å². The molecule has 0 bridgehead atoms. The van der Waals surface area contributed by atoms with E-state index >= 15 is 0 Å². The lowest BCUT2D eigenvalue weighted by molar-refractivity contribution is -0.132. The second-order valence-corrected chi connectivity index (χ2v) is 8.30. The first kappa shape index (κ1) is 22.3. The highest BCUT2D eigenvalue weighted by Gasteiger charge is 2.47. The van der Waals surface area contributed by atoms with Crippen LogP contribution in [-0.2, 0) is 9.59 Å². The van der Waals surface area contributed by atoms with Crippen molar-refractivity contribution in [3.63, 3.8) is 0 Å². The van der Waals surface area contributed by atoms with Gasteiger partial charge in [0.2, 0.25) is 0 Å². The molecule has 1 fully saturated rings. The van der Waals surface area contributed by atoms with Gasteiger partial charge in [0, 0.05) is 11.3 Å². The Kier molecular flexibility index (Phi) is 6.31. The lowest BCUT2D eigenvalue weighted by Crippen LogP contribution is -2.29. The lowest BCUT2D eigenvalue weighted by atomic mass is 9.94. The van der Waals surface area contributed by atoms with E-state index in [4.69, 9.17) is 4.74 Å². The molecule has 1 N–H and O–H groups in total. The van der Waals surface area contributed by atoms with Crippen LogP contribution in [0.3, 0.4) is 0 Å². The van der Waals surface area contributed by atoms with E-state index in [9.17, 15) is 14.7 Å². The van der Waals surface area contributed by atoms with Gasteiger partial charge in [-0.3, -0.25) is 14.5 Å². The molecule has 0 radical (unpaired) electrons. The third kappa shape index (κ3) is 4.40. The minimum Gasteiger partial charge on any atom is -0.507 e. The molecule has 1 aliphatic rings. The summed E-state index contributed by atoms with van der Waals surface area (Å²) >= 11 is 0. The predicted molar refractivity (Wildman–Crippen MR) is 129 cm³/mol. The van der Waals surface area contributed by atoms with Gasteiger partial charge >= 0.3 is 0 Å². The molecule has 0 aromatic heterocycles. The monoisotopic (exact) mass is 441 g/mol. The van der Waals surface area contributed by atoms with Gasteiger partial charge in [0.15, 0.2) is 0 Å². The molecule has 1 atom stereocenters. The summed E-state index contributed by atoms with van der Waals surface area (Å²) in [5.41, 5.74) is 3.84. The largest absolute Gasteiger partial charge is 0.507 e. The van der Waals surface area contributed by atoms with Crippen LogP contribution in [0.5, 0.6) is 5.75 Å². The molecule has 1 aliphatic heterocycles. The van der Waals surface area contributed by atoms with Crippen LogP contribution in [0.25, 0.3) is 5.76 Å². The van der Waals surface area contributed by atoms with E-state index in [0.29, 0.717) is 23.6 Å². The Labute approximate surface area is 193 Å². The number of rotatable bonds is 6. The SMILES string of the molecule is CCCOc1cccc(/C(O)=C2\C(=O)C(=O)N(c3cccc(C)c3)C2c2cccc(C)c2)c1. The molecule has 33 heavy (non-hydrogen) atoms. The summed E-state index contributed by atoms with van der Waals surface area (Å²) in [7, 11) is 0. The predicted octanol–water partition coefficient (Wildman–Crippen LogP) is 5.72. The zero-order chi connectivity index (χ0) is 23.5. The normalized spacial score (nSPS) is 17.4. The van der Waals surface area contributed by atoms with Crippen LogP contribution in [-0.4, -0.2) is 23.4 Å². The first-order chi connectivity index (χ1) is 15.9. The number of nitrogens with zero attached hydrogens (tertiary/aromatic N) is 1. The fraction of sp³-hybridized carbons (Fsp3) is 0.214. The average molecular weight is 442 g/mol. The van der Waals surface area contributed by atoms with Crippen molar-refractivity contribution in [3.05, 3.63) is 101 Å². The maximum atomic E-state index is 13.3. The second kappa shape index (κ2) is 9.33. The number of anilines is 1. The Hall–Kier alpha value is -3.86. The van der Waals surface area contributed by atoms with Crippen LogP contribution in [0.2, 0.25) is 0 Å². The highest BCUT2D eigenvalue weighted by molar-refractivity contribution is 6.51. The molecule has 3 aromatic carbocycles. The maximum absolute atomic E-state index is 13.3. The number of aliphatic hydroxyl groups is 1. The number of amides is 1. The molecule has 1 amide bonds. The highest BCUT2D eigenvalue weighted by Crippen LogP contribution is 2.42. The summed E-state index contributed by atoms with van der Waals surface area (Å²) in [6, 6.07) is 21.3. The number of carbonyl (C=O) groups excluding carboxylic acids is 2. The van der Waals surface area contributed by atoms with Crippen molar-refractivity contribution in [2.24, 2.45) is 0 Å². The summed E-state index contributed by atoms with van der Waals surface area (Å²) < 4.78 is 5.69. The minimum atomic E-state index is -0.744. The Balaban J connectivity index is 1.90. The number of ether oxygens (including phenoxy) is 1. The van der Waals surface area contributed by atoms with Gasteiger partial charge in [-0.1, -0.05) is 61.0 Å². The molecule has 1 heterocycles. The molecule has 0 saturated carbocycles. The van der Waals surface area contributed by atoms with Crippen molar-refractivity contribution in [1.82, 2.24) is 0 Å². The Morgan fingerprint density at radius 2 is 1.64 bits per heavy atom. The quantitative estimate of drug-likeness (QED) is 0.302. The first-order valence-electron chi connectivity index (χ1n) is 11.1. The van der Waals surface area contributed by atoms with Gasteiger partial charge in [-0.05, 0) is 55.7 Å². The van der Waals surface area contributed by atoms with Crippen LogP contribution in [0.4, 0.5) is 5.69 Å². The molecular formula is C28H27NO4. The fourth-order valence-corrected chi connectivity index (χ4v) is 4.14. The van der Waals surface area contributed by atoms with Crippen LogP contribution in [0.1, 0.15) is 41.6 Å². The van der Waals surface area contributed by atoms with Gasteiger partial charge in [0.05, 0.1) is 18.2 Å². The third-order valence-electron chi connectivity index (χ3n) is 5.66. The molecule has 168 valence electrons. The Bertz CT molecular complexity index is 1240. The van der Waals surface area contributed by atoms with Gasteiger partial charge in [-0.25, -0.2) is 0 Å². The fourth-order valence-electron chi connectivity index (χ4n) is 4.14. The van der Waals surface area contributed by atoms with E-state index in [1.54, 1.807) is 30.3 Å². The van der Waals surface area contributed by atoms with Crippen LogP contribution in [0, 0.1) is 13.8 Å². The van der Waals surface area contributed by atoms with E-state index in [-0.39, 0.29) is 11.3 Å². The van der Waals surface area contributed by atoms with Crippen molar-refractivity contribution >= 4 is 23.1 Å². The Morgan fingerprint density at radius 1 is 0.939 bits per heavy atom. The highest BCUT2D eigenvalue weighted by atomic mass is 16.5. The summed E-state index contributed by atoms with van der Waals surface area (Å²) in [5, 5.41) is 11.3. The topological polar surface area (TPSA) is 66.8 Å². The number of hydrogen-bond donors (Lipinski definition) is 1. The first-order valence-corrected chi connectivity index (χ1v) is 11.1. The van der Waals surface area contributed by atoms with E-state index in [0.717, 1.165) is 23.1 Å². The molecular weight excluding hydrogens is 414 g/mol. The number of Topliss-reactive ketones (excluding diaryl/α,β-unsaturated/α-hetero) is 1. The minimum absolute atomic E-state index is 0.0692. The van der Waals surface area contributed by atoms with Crippen LogP contribution in [0.15, 0.2) is 78.4 Å². The molecule has 5 nitrogen and oxygen atoms in total. The zero-order valence-electron chi connectivity index (χ0n) is 19.0. The molecule has 1 saturated heterocycles. The Morgan fingerprint density at radius 3 is 2.33 bits per heavy atom. The third-order valence-corrected chi connectivity index (χ3v) is 5.66. The van der Waals surface area contributed by atoms with Crippen molar-refractivity contribution < 1.29 is 19.4 Å². The number of carbonyl (C=O) groups is 2. The molecule has 0 spiro atoms. The molecule has 5 heteroatoms. The van der Waals surface area contributed by atoms with Crippen LogP contribution < -0.4 is 9.64 Å². The van der Waals surface area contributed by atoms with E-state index in [1.807, 2.05) is 63.2 Å². The lowest BCUT2D eigenvalue weighted by Gasteiger charge is -2.26. The summed E-state index contributed by atoms with van der Waals surface area (Å²) in [4.78, 5) is 28.0. The van der Waals surface area contributed by atoms with Crippen LogP contribution >= 0.6 is 0 Å². The number of aryl methyl sites for hydroxylation is 2. The van der Waals surface area contributed by atoms with E-state index in [1.165, 1.54) is 4.90 Å². The summed E-state index contributed by atoms with van der Waals surface area (Å²) in [5.74, 6) is -0.981. The van der Waals surface area contributed by atoms with Crippen molar-refractivity contribution in [1.29, 1.82) is 0 Å². The number of aliphatic hydroxyl groups excluding tert-OH is 1. The molecule has 0 aliphatic carbocycles. The van der Waals surface area contributed by atoms with E-state index < -0.39 is 17.7 Å². The smallest absolute Gasteiger partial charge is 0.300 e. The van der Waals surface area contributed by atoms with Crippen molar-refractivity contribution in [3.8, 4) is 5.75 Å². The zero-order valence-corrected chi connectivity index (χ0v) is 19.0. The average Bonchev–Trinajstić information content (AvgIpc) is 3.08. The summed E-state index contributed by atoms with van der Waals surface area (Å²) in [6.07, 6.45) is 0.852. The van der Waals surface area contributed by atoms with Gasteiger partial charge in [0.25, 0.3) is 11.7 Å². The maximum Gasteiger partial charge on any atom is 0.300 e. The van der Waals surface area contributed by atoms with Gasteiger partial charge in [-0.15, -0.1) is 0 Å². The number of benzene rings is 3. The number of hydrogen-bond acceptors (Lipinski definition) is 4. The van der Waals surface area contributed by atoms with Crippen molar-refractivity contribution in [2.75, 3.05) is 11.5 Å². The standard InChI is InChI=1S/C28H27NO4/c1-4-14-33-23-13-7-11-21(17-23)26(30)24-25(20-10-5-8-18(2)15-20)29(28(32)27(24)31)22-12-6-9-19(3)16-22/h5-13,15-17,25,30H,4,14H2,1-3H3/b26-24+. The molecule has 1 unspecified atom stereocenters. The van der Waals surface area contributed by atoms with Gasteiger partial charge in [0.1, 0.15) is 11.5 Å². The van der Waals surface area contributed by atoms with E-state index in [2.05, 4.69) is 0 Å². The molecule has 4 rings (SSSR count). The van der Waals surface area contributed by atoms with Gasteiger partial charge < -0.3 is 9.84 Å².